The van der Waals surface area contributed by atoms with E-state index in [4.69, 9.17) is 5.73 Å². The highest BCUT2D eigenvalue weighted by Crippen LogP contribution is 2.24. The Balaban J connectivity index is 2.04. The van der Waals surface area contributed by atoms with Gasteiger partial charge in [-0.15, -0.1) is 0 Å². The van der Waals surface area contributed by atoms with Crippen molar-refractivity contribution in [3.63, 3.8) is 0 Å². The Hall–Kier alpha value is -2.63. The number of nitrogens with zero attached hydrogens (tertiary/aromatic N) is 2. The zero-order valence-corrected chi connectivity index (χ0v) is 11.3. The fraction of sp³-hybridized carbons (Fsp3) is 0.267. The number of anilines is 1. The lowest BCUT2D eigenvalue weighted by atomic mass is 10.1. The van der Waals surface area contributed by atoms with Crippen LogP contribution in [0.2, 0.25) is 0 Å². The van der Waals surface area contributed by atoms with Gasteiger partial charge in [0.1, 0.15) is 11.7 Å². The number of hydrogen-bond donors (Lipinski definition) is 2. The zero-order valence-electron chi connectivity index (χ0n) is 11.3. The summed E-state index contributed by atoms with van der Waals surface area (Å²) in [4.78, 5) is 29.4. The van der Waals surface area contributed by atoms with Crippen molar-refractivity contribution in [1.82, 2.24) is 9.88 Å². The van der Waals surface area contributed by atoms with Gasteiger partial charge in [0.25, 0.3) is 5.91 Å². The maximum atomic E-state index is 12.6. The van der Waals surface area contributed by atoms with Gasteiger partial charge in [0.15, 0.2) is 0 Å². The third kappa shape index (κ3) is 2.29. The highest BCUT2D eigenvalue weighted by atomic mass is 16.4. The highest BCUT2D eigenvalue weighted by Gasteiger charge is 2.35. The maximum Gasteiger partial charge on any atom is 0.326 e. The lowest BCUT2D eigenvalue weighted by molar-refractivity contribution is -0.141. The van der Waals surface area contributed by atoms with Crippen LogP contribution in [-0.4, -0.2) is 39.5 Å². The number of fused-ring (bicyclic) bond motifs is 1. The number of nitrogen functional groups attached to an aromatic ring is 1. The van der Waals surface area contributed by atoms with Gasteiger partial charge in [0, 0.05) is 23.8 Å². The van der Waals surface area contributed by atoms with Gasteiger partial charge in [-0.2, -0.15) is 0 Å². The molecule has 6 heteroatoms. The Morgan fingerprint density at radius 2 is 2.14 bits per heavy atom. The van der Waals surface area contributed by atoms with Gasteiger partial charge < -0.3 is 15.7 Å². The van der Waals surface area contributed by atoms with E-state index in [9.17, 15) is 14.7 Å². The second-order valence-corrected chi connectivity index (χ2v) is 5.13. The summed E-state index contributed by atoms with van der Waals surface area (Å²) in [5, 5.41) is 10.7. The number of carbonyl (C=O) groups is 2. The molecule has 1 aliphatic rings. The number of pyridine rings is 1. The van der Waals surface area contributed by atoms with Gasteiger partial charge in [0.2, 0.25) is 0 Å². The van der Waals surface area contributed by atoms with Crippen LogP contribution in [0.3, 0.4) is 0 Å². The van der Waals surface area contributed by atoms with Crippen molar-refractivity contribution in [2.45, 2.75) is 18.9 Å². The van der Waals surface area contributed by atoms with Gasteiger partial charge in [-0.1, -0.05) is 0 Å². The molecule has 108 valence electrons. The topological polar surface area (TPSA) is 96.5 Å². The van der Waals surface area contributed by atoms with Crippen molar-refractivity contribution < 1.29 is 14.7 Å². The first kappa shape index (κ1) is 13.4. The molecule has 1 aromatic heterocycles. The molecule has 2 heterocycles. The number of benzene rings is 1. The Kier molecular flexibility index (Phi) is 3.21. The summed E-state index contributed by atoms with van der Waals surface area (Å²) in [5.41, 5.74) is 6.63. The summed E-state index contributed by atoms with van der Waals surface area (Å²) in [7, 11) is 0. The summed E-state index contributed by atoms with van der Waals surface area (Å²) >= 11 is 0. The Morgan fingerprint density at radius 3 is 2.90 bits per heavy atom. The molecule has 1 aromatic carbocycles. The molecule has 0 aliphatic carbocycles. The number of carbonyl (C=O) groups excluding carboxylic acids is 1. The molecule has 1 unspecified atom stereocenters. The molecule has 6 nitrogen and oxygen atoms in total. The zero-order chi connectivity index (χ0) is 15.0. The van der Waals surface area contributed by atoms with E-state index in [2.05, 4.69) is 4.98 Å². The van der Waals surface area contributed by atoms with Crippen molar-refractivity contribution >= 4 is 28.3 Å². The molecule has 0 bridgehead atoms. The number of aromatic nitrogens is 1. The molecule has 1 atom stereocenters. The molecule has 3 N–H and O–H groups in total. The largest absolute Gasteiger partial charge is 0.480 e. The van der Waals surface area contributed by atoms with Crippen molar-refractivity contribution in [3.8, 4) is 0 Å². The normalized spacial score (nSPS) is 18.1. The minimum atomic E-state index is -0.967. The molecule has 3 rings (SSSR count). The number of amides is 1. The molecular formula is C15H15N3O3. The van der Waals surface area contributed by atoms with Gasteiger partial charge >= 0.3 is 5.97 Å². The van der Waals surface area contributed by atoms with E-state index in [1.165, 1.54) is 4.90 Å². The summed E-state index contributed by atoms with van der Waals surface area (Å²) in [5.74, 6) is -1.30. The van der Waals surface area contributed by atoms with Crippen LogP contribution in [0.4, 0.5) is 5.69 Å². The Morgan fingerprint density at radius 1 is 1.33 bits per heavy atom. The van der Waals surface area contributed by atoms with E-state index in [1.807, 2.05) is 0 Å². The smallest absolute Gasteiger partial charge is 0.326 e. The lowest BCUT2D eigenvalue weighted by Crippen LogP contribution is -2.40. The van der Waals surface area contributed by atoms with E-state index < -0.39 is 12.0 Å². The Labute approximate surface area is 121 Å². The third-order valence-electron chi connectivity index (χ3n) is 3.79. The second-order valence-electron chi connectivity index (χ2n) is 5.13. The van der Waals surface area contributed by atoms with E-state index in [1.54, 1.807) is 30.5 Å². The average molecular weight is 285 g/mol. The predicted molar refractivity (Wildman–Crippen MR) is 77.8 cm³/mol. The summed E-state index contributed by atoms with van der Waals surface area (Å²) in [6.45, 7) is 0.447. The van der Waals surface area contributed by atoms with Gasteiger partial charge in [0.05, 0.1) is 0 Å². The van der Waals surface area contributed by atoms with Crippen LogP contribution in [0.1, 0.15) is 23.3 Å². The number of rotatable bonds is 2. The number of carboxylic acid groups (broad SMARTS) is 1. The third-order valence-corrected chi connectivity index (χ3v) is 3.79. The maximum absolute atomic E-state index is 12.6. The fourth-order valence-corrected chi connectivity index (χ4v) is 2.77. The van der Waals surface area contributed by atoms with Crippen LogP contribution in [0.5, 0.6) is 0 Å². The molecular weight excluding hydrogens is 270 g/mol. The average Bonchev–Trinajstić information content (AvgIpc) is 2.95. The van der Waals surface area contributed by atoms with E-state index in [-0.39, 0.29) is 11.6 Å². The quantitative estimate of drug-likeness (QED) is 0.815. The van der Waals surface area contributed by atoms with Gasteiger partial charge in [-0.05, 0) is 42.5 Å². The van der Waals surface area contributed by atoms with Gasteiger partial charge in [-0.25, -0.2) is 4.79 Å². The summed E-state index contributed by atoms with van der Waals surface area (Å²) in [6, 6.07) is 6.24. The number of nitrogens with two attached hydrogens (primary N) is 1. The first-order valence-electron chi connectivity index (χ1n) is 6.76. The molecule has 1 fully saturated rings. The Bertz CT molecular complexity index is 729. The molecule has 0 saturated carbocycles. The van der Waals surface area contributed by atoms with E-state index in [0.29, 0.717) is 30.5 Å². The highest BCUT2D eigenvalue weighted by molar-refractivity contribution is 6.06. The number of hydrogen-bond acceptors (Lipinski definition) is 4. The van der Waals surface area contributed by atoms with Crippen molar-refractivity contribution in [2.24, 2.45) is 0 Å². The minimum Gasteiger partial charge on any atom is -0.480 e. The summed E-state index contributed by atoms with van der Waals surface area (Å²) in [6.07, 6.45) is 2.72. The SMILES string of the molecule is Nc1ccc2c(C(=O)N3CCCC3C(=O)O)nccc2c1. The first-order valence-corrected chi connectivity index (χ1v) is 6.76. The standard InChI is InChI=1S/C15H15N3O3/c16-10-3-4-11-9(8-10)5-6-17-13(11)14(19)18-7-1-2-12(18)15(20)21/h3-6,8,12H,1-2,7,16H2,(H,20,21). The van der Waals surface area contributed by atoms with Crippen LogP contribution in [0.25, 0.3) is 10.8 Å². The minimum absolute atomic E-state index is 0.278. The number of aliphatic carboxylic acids is 1. The van der Waals surface area contributed by atoms with Crippen molar-refractivity contribution in [2.75, 3.05) is 12.3 Å². The molecule has 0 spiro atoms. The molecule has 21 heavy (non-hydrogen) atoms. The fourth-order valence-electron chi connectivity index (χ4n) is 2.77. The van der Waals surface area contributed by atoms with Crippen LogP contribution < -0.4 is 5.73 Å². The van der Waals surface area contributed by atoms with Crippen LogP contribution in [-0.2, 0) is 4.79 Å². The molecule has 1 amide bonds. The molecule has 1 aliphatic heterocycles. The second kappa shape index (κ2) is 5.05. The number of carboxylic acids is 1. The van der Waals surface area contributed by atoms with Crippen LogP contribution in [0, 0.1) is 0 Å². The molecule has 2 aromatic rings. The van der Waals surface area contributed by atoms with E-state index in [0.717, 1.165) is 5.39 Å². The monoisotopic (exact) mass is 285 g/mol. The lowest BCUT2D eigenvalue weighted by Gasteiger charge is -2.21. The van der Waals surface area contributed by atoms with Crippen molar-refractivity contribution in [1.29, 1.82) is 0 Å². The van der Waals surface area contributed by atoms with Crippen molar-refractivity contribution in [3.05, 3.63) is 36.2 Å². The molecule has 1 saturated heterocycles. The summed E-state index contributed by atoms with van der Waals surface area (Å²) < 4.78 is 0. The van der Waals surface area contributed by atoms with Crippen LogP contribution >= 0.6 is 0 Å². The first-order chi connectivity index (χ1) is 10.1. The van der Waals surface area contributed by atoms with Gasteiger partial charge in [-0.3, -0.25) is 9.78 Å². The van der Waals surface area contributed by atoms with E-state index >= 15 is 0 Å². The van der Waals surface area contributed by atoms with Crippen LogP contribution in [0.15, 0.2) is 30.5 Å². The number of likely N-dealkylation sites (tertiary alicyclic amines) is 1. The molecule has 0 radical (unpaired) electrons. The predicted octanol–water partition coefficient (Wildman–Crippen LogP) is 1.51.